The second-order valence-electron chi connectivity index (χ2n) is 7.09. The molecule has 0 fully saturated rings. The van der Waals surface area contributed by atoms with Gasteiger partial charge in [0.2, 0.25) is 5.91 Å². The molecule has 1 unspecified atom stereocenters. The molecule has 0 radical (unpaired) electrons. The van der Waals surface area contributed by atoms with Gasteiger partial charge in [-0.15, -0.1) is 0 Å². The summed E-state index contributed by atoms with van der Waals surface area (Å²) in [6.07, 6.45) is 7.37. The number of carbonyl (C=O) groups is 1. The average Bonchev–Trinajstić information content (AvgIpc) is 3.40. The molecule has 3 N–H and O–H groups in total. The fourth-order valence-electron chi connectivity index (χ4n) is 3.38. The standard InChI is InChI=1S/C22H19F2N5O2/c23-16-6-7-18(19(24)9-16)22(31,12-29-14-25-13-28-29)11-27-21(30)8-5-15-10-26-20-4-2-1-3-17(15)20/h1-10,13-14,26,31H,11-12H2,(H,27,30). The average molecular weight is 423 g/mol. The molecule has 4 aromatic rings. The third-order valence-electron chi connectivity index (χ3n) is 4.91. The van der Waals surface area contributed by atoms with E-state index in [0.29, 0.717) is 6.07 Å². The van der Waals surface area contributed by atoms with Crippen LogP contribution in [-0.4, -0.2) is 37.3 Å². The first-order chi connectivity index (χ1) is 14.9. The van der Waals surface area contributed by atoms with Crippen molar-refractivity contribution in [3.63, 3.8) is 0 Å². The molecule has 0 aliphatic rings. The number of hydrogen-bond acceptors (Lipinski definition) is 4. The highest BCUT2D eigenvalue weighted by molar-refractivity contribution is 5.96. The smallest absolute Gasteiger partial charge is 0.244 e. The van der Waals surface area contributed by atoms with Crippen molar-refractivity contribution in [2.45, 2.75) is 12.1 Å². The van der Waals surface area contributed by atoms with Gasteiger partial charge in [-0.25, -0.2) is 18.4 Å². The van der Waals surface area contributed by atoms with Crippen molar-refractivity contribution in [3.05, 3.63) is 90.2 Å². The number of rotatable bonds is 7. The molecule has 0 spiro atoms. The zero-order chi connectivity index (χ0) is 21.8. The van der Waals surface area contributed by atoms with E-state index in [2.05, 4.69) is 20.4 Å². The van der Waals surface area contributed by atoms with E-state index < -0.39 is 23.1 Å². The fraction of sp³-hybridized carbons (Fsp3) is 0.136. The van der Waals surface area contributed by atoms with Crippen molar-refractivity contribution >= 4 is 22.9 Å². The summed E-state index contributed by atoms with van der Waals surface area (Å²) in [7, 11) is 0. The van der Waals surface area contributed by atoms with Crippen LogP contribution in [0, 0.1) is 11.6 Å². The lowest BCUT2D eigenvalue weighted by Gasteiger charge is -2.29. The van der Waals surface area contributed by atoms with Gasteiger partial charge in [0.1, 0.15) is 29.9 Å². The van der Waals surface area contributed by atoms with Crippen LogP contribution in [0.2, 0.25) is 0 Å². The van der Waals surface area contributed by atoms with Crippen LogP contribution >= 0.6 is 0 Å². The number of hydrogen-bond donors (Lipinski definition) is 3. The maximum atomic E-state index is 14.4. The highest BCUT2D eigenvalue weighted by Crippen LogP contribution is 2.26. The molecule has 158 valence electrons. The lowest BCUT2D eigenvalue weighted by atomic mass is 9.92. The number of halogens is 2. The Morgan fingerprint density at radius 1 is 1.26 bits per heavy atom. The van der Waals surface area contributed by atoms with Gasteiger partial charge in [-0.05, 0) is 23.8 Å². The van der Waals surface area contributed by atoms with Gasteiger partial charge in [0.25, 0.3) is 0 Å². The number of benzene rings is 2. The molecule has 1 atom stereocenters. The summed E-state index contributed by atoms with van der Waals surface area (Å²) in [5.74, 6) is -2.17. The van der Waals surface area contributed by atoms with Crippen LogP contribution in [-0.2, 0) is 16.9 Å². The largest absolute Gasteiger partial charge is 0.381 e. The topological polar surface area (TPSA) is 95.8 Å². The van der Waals surface area contributed by atoms with E-state index in [1.54, 1.807) is 12.3 Å². The second-order valence-corrected chi connectivity index (χ2v) is 7.09. The van der Waals surface area contributed by atoms with E-state index in [0.717, 1.165) is 28.6 Å². The molecule has 4 rings (SSSR count). The predicted molar refractivity (Wildman–Crippen MR) is 111 cm³/mol. The number of H-pyrrole nitrogens is 1. The SMILES string of the molecule is O=C(C=Cc1c[nH]c2ccccc12)NCC(O)(Cn1cncn1)c1ccc(F)cc1F. The highest BCUT2D eigenvalue weighted by Gasteiger charge is 2.34. The molecule has 7 nitrogen and oxygen atoms in total. The number of carbonyl (C=O) groups excluding carboxylic acids is 1. The number of aliphatic hydroxyl groups is 1. The Morgan fingerprint density at radius 3 is 2.87 bits per heavy atom. The minimum atomic E-state index is -1.88. The van der Waals surface area contributed by atoms with E-state index >= 15 is 0 Å². The molecule has 0 saturated carbocycles. The zero-order valence-corrected chi connectivity index (χ0v) is 16.3. The van der Waals surface area contributed by atoms with Gasteiger partial charge in [0.15, 0.2) is 0 Å². The number of para-hydroxylation sites is 1. The van der Waals surface area contributed by atoms with Crippen molar-refractivity contribution in [2.24, 2.45) is 0 Å². The Bertz CT molecular complexity index is 1240. The summed E-state index contributed by atoms with van der Waals surface area (Å²) in [5.41, 5.74) is -0.273. The van der Waals surface area contributed by atoms with Crippen LogP contribution in [0.4, 0.5) is 8.78 Å². The first-order valence-electron chi connectivity index (χ1n) is 9.47. The Hall–Kier alpha value is -3.85. The van der Waals surface area contributed by atoms with Crippen LogP contribution in [0.3, 0.4) is 0 Å². The summed E-state index contributed by atoms with van der Waals surface area (Å²) in [4.78, 5) is 19.3. The third kappa shape index (κ3) is 4.51. The number of nitrogens with one attached hydrogen (secondary N) is 2. The first-order valence-corrected chi connectivity index (χ1v) is 9.47. The van der Waals surface area contributed by atoms with Gasteiger partial charge < -0.3 is 15.4 Å². The van der Waals surface area contributed by atoms with Gasteiger partial charge in [0.05, 0.1) is 13.1 Å². The molecule has 9 heteroatoms. The number of aromatic nitrogens is 4. The van der Waals surface area contributed by atoms with Gasteiger partial charge in [-0.2, -0.15) is 5.10 Å². The van der Waals surface area contributed by atoms with Gasteiger partial charge in [-0.1, -0.05) is 24.3 Å². The molecule has 2 aromatic carbocycles. The number of amides is 1. The molecule has 31 heavy (non-hydrogen) atoms. The van der Waals surface area contributed by atoms with Crippen molar-refractivity contribution in [1.29, 1.82) is 0 Å². The molecule has 0 aliphatic heterocycles. The Kier molecular flexibility index (Phi) is 5.59. The fourth-order valence-corrected chi connectivity index (χ4v) is 3.38. The molecule has 2 aromatic heterocycles. The van der Waals surface area contributed by atoms with Gasteiger partial charge in [-0.3, -0.25) is 4.79 Å². The Balaban J connectivity index is 1.52. The number of aromatic amines is 1. The first kappa shape index (κ1) is 20.4. The second kappa shape index (κ2) is 8.49. The van der Waals surface area contributed by atoms with Crippen LogP contribution in [0.15, 0.2) is 67.4 Å². The minimum absolute atomic E-state index is 0.162. The van der Waals surface area contributed by atoms with Crippen molar-refractivity contribution < 1.29 is 18.7 Å². The molecule has 2 heterocycles. The number of nitrogens with zero attached hydrogens (tertiary/aromatic N) is 3. The van der Waals surface area contributed by atoms with Gasteiger partial charge in [0, 0.05) is 34.8 Å². The van der Waals surface area contributed by atoms with Crippen LogP contribution in [0.25, 0.3) is 17.0 Å². The van der Waals surface area contributed by atoms with Crippen LogP contribution < -0.4 is 5.32 Å². The summed E-state index contributed by atoms with van der Waals surface area (Å²) in [5, 5.41) is 18.6. The zero-order valence-electron chi connectivity index (χ0n) is 16.3. The minimum Gasteiger partial charge on any atom is -0.381 e. The Morgan fingerprint density at radius 2 is 2.10 bits per heavy atom. The highest BCUT2D eigenvalue weighted by atomic mass is 19.1. The summed E-state index contributed by atoms with van der Waals surface area (Å²) < 4.78 is 29.1. The molecule has 1 amide bonds. The van der Waals surface area contributed by atoms with Crippen molar-refractivity contribution in [1.82, 2.24) is 25.1 Å². The van der Waals surface area contributed by atoms with E-state index in [1.165, 1.54) is 23.4 Å². The van der Waals surface area contributed by atoms with Crippen LogP contribution in [0.5, 0.6) is 0 Å². The lowest BCUT2D eigenvalue weighted by molar-refractivity contribution is -0.118. The summed E-state index contributed by atoms with van der Waals surface area (Å²) in [6, 6.07) is 10.5. The van der Waals surface area contributed by atoms with Crippen molar-refractivity contribution in [2.75, 3.05) is 6.54 Å². The lowest BCUT2D eigenvalue weighted by Crippen LogP contribution is -2.44. The van der Waals surface area contributed by atoms with Crippen LogP contribution in [0.1, 0.15) is 11.1 Å². The molecule has 0 saturated heterocycles. The predicted octanol–water partition coefficient (Wildman–Crippen LogP) is 2.76. The third-order valence-corrected chi connectivity index (χ3v) is 4.91. The number of fused-ring (bicyclic) bond motifs is 1. The quantitative estimate of drug-likeness (QED) is 0.398. The van der Waals surface area contributed by atoms with E-state index in [4.69, 9.17) is 0 Å². The normalized spacial score (nSPS) is 13.5. The van der Waals surface area contributed by atoms with Gasteiger partial charge >= 0.3 is 0 Å². The maximum Gasteiger partial charge on any atom is 0.244 e. The maximum absolute atomic E-state index is 14.4. The molecule has 0 aliphatic carbocycles. The van der Waals surface area contributed by atoms with E-state index in [-0.39, 0.29) is 18.7 Å². The van der Waals surface area contributed by atoms with Crippen molar-refractivity contribution in [3.8, 4) is 0 Å². The van der Waals surface area contributed by atoms with E-state index in [1.807, 2.05) is 24.3 Å². The molecular formula is C22H19F2N5O2. The van der Waals surface area contributed by atoms with E-state index in [9.17, 15) is 18.7 Å². The summed E-state index contributed by atoms with van der Waals surface area (Å²) >= 11 is 0. The molecule has 0 bridgehead atoms. The monoisotopic (exact) mass is 423 g/mol. The molecular weight excluding hydrogens is 404 g/mol. The Labute approximate surface area is 176 Å². The summed E-state index contributed by atoms with van der Waals surface area (Å²) in [6.45, 7) is -0.519.